The number of carbonyl (C=O) groups is 1. The fourth-order valence-electron chi connectivity index (χ4n) is 2.66. The maximum absolute atomic E-state index is 12.7. The summed E-state index contributed by atoms with van der Waals surface area (Å²) in [4.78, 5) is 12.2. The van der Waals surface area contributed by atoms with Crippen LogP contribution >= 0.6 is 0 Å². The van der Waals surface area contributed by atoms with E-state index in [2.05, 4.69) is 20.6 Å². The molecule has 0 radical (unpaired) electrons. The van der Waals surface area contributed by atoms with Gasteiger partial charge in [0.1, 0.15) is 5.69 Å². The molecule has 0 saturated carbocycles. The van der Waals surface area contributed by atoms with Gasteiger partial charge in [0.15, 0.2) is 5.69 Å². The minimum atomic E-state index is -4.61. The zero-order valence-electron chi connectivity index (χ0n) is 14.9. The summed E-state index contributed by atoms with van der Waals surface area (Å²) >= 11 is 0. The molecule has 0 atom stereocenters. The summed E-state index contributed by atoms with van der Waals surface area (Å²) in [6.07, 6.45) is 0.176. The SMILES string of the molecule is CCn1ncc(Cn2cc(NC(=O)c3cc(C(F)(F)F)nn3C)cn2)c1C. The van der Waals surface area contributed by atoms with Crippen LogP contribution in [0.5, 0.6) is 0 Å². The predicted molar refractivity (Wildman–Crippen MR) is 90.1 cm³/mol. The third-order valence-corrected chi connectivity index (χ3v) is 4.13. The highest BCUT2D eigenvalue weighted by atomic mass is 19.4. The van der Waals surface area contributed by atoms with Crippen LogP contribution in [0.25, 0.3) is 0 Å². The van der Waals surface area contributed by atoms with Crippen LogP contribution in [0.4, 0.5) is 18.9 Å². The molecule has 0 aromatic carbocycles. The Labute approximate surface area is 152 Å². The molecule has 0 unspecified atom stereocenters. The Morgan fingerprint density at radius 1 is 1.26 bits per heavy atom. The van der Waals surface area contributed by atoms with Gasteiger partial charge in [-0.3, -0.25) is 18.8 Å². The molecule has 1 N–H and O–H groups in total. The number of nitrogens with zero attached hydrogens (tertiary/aromatic N) is 6. The van der Waals surface area contributed by atoms with Crippen LogP contribution in [-0.4, -0.2) is 35.2 Å². The topological polar surface area (TPSA) is 82.6 Å². The maximum Gasteiger partial charge on any atom is 0.435 e. The summed E-state index contributed by atoms with van der Waals surface area (Å²) in [6.45, 7) is 5.18. The standard InChI is InChI=1S/C16H18F3N7O/c1-4-26-10(2)11(6-21-26)8-25-9-12(7-20-25)22-15(27)13-5-14(16(17,18)19)23-24(13)3/h5-7,9H,4,8H2,1-3H3,(H,22,27). The first-order valence-corrected chi connectivity index (χ1v) is 8.15. The van der Waals surface area contributed by atoms with Crippen LogP contribution in [0.3, 0.4) is 0 Å². The van der Waals surface area contributed by atoms with E-state index < -0.39 is 17.8 Å². The van der Waals surface area contributed by atoms with Gasteiger partial charge in [-0.1, -0.05) is 0 Å². The van der Waals surface area contributed by atoms with Crippen molar-refractivity contribution in [2.45, 2.75) is 33.1 Å². The molecule has 0 saturated heterocycles. The van der Waals surface area contributed by atoms with E-state index in [1.54, 1.807) is 17.1 Å². The second-order valence-electron chi connectivity index (χ2n) is 5.99. The number of hydrogen-bond acceptors (Lipinski definition) is 4. The van der Waals surface area contributed by atoms with Gasteiger partial charge in [-0.05, 0) is 13.8 Å². The van der Waals surface area contributed by atoms with Crippen LogP contribution < -0.4 is 5.32 Å². The smallest absolute Gasteiger partial charge is 0.318 e. The third-order valence-electron chi connectivity index (χ3n) is 4.13. The van der Waals surface area contributed by atoms with Crippen molar-refractivity contribution in [2.75, 3.05) is 5.32 Å². The molecule has 144 valence electrons. The van der Waals surface area contributed by atoms with E-state index in [9.17, 15) is 18.0 Å². The molecule has 3 heterocycles. The van der Waals surface area contributed by atoms with Crippen LogP contribution in [0.15, 0.2) is 24.7 Å². The Morgan fingerprint density at radius 2 is 2.00 bits per heavy atom. The molecule has 0 aliphatic rings. The molecule has 0 aliphatic carbocycles. The van der Waals surface area contributed by atoms with E-state index in [4.69, 9.17) is 0 Å². The molecule has 1 amide bonds. The fraction of sp³-hybridized carbons (Fsp3) is 0.375. The molecule has 0 bridgehead atoms. The van der Waals surface area contributed by atoms with E-state index in [0.717, 1.165) is 22.5 Å². The first kappa shape index (κ1) is 18.7. The lowest BCUT2D eigenvalue weighted by Crippen LogP contribution is -2.15. The molecule has 27 heavy (non-hydrogen) atoms. The molecule has 0 fully saturated rings. The maximum atomic E-state index is 12.7. The number of hydrogen-bond donors (Lipinski definition) is 1. The van der Waals surface area contributed by atoms with E-state index in [1.807, 2.05) is 18.5 Å². The average molecular weight is 381 g/mol. The summed E-state index contributed by atoms with van der Waals surface area (Å²) in [5.41, 5.74) is 1.06. The lowest BCUT2D eigenvalue weighted by atomic mass is 10.2. The number of amides is 1. The summed E-state index contributed by atoms with van der Waals surface area (Å²) in [6, 6.07) is 0.711. The van der Waals surface area contributed by atoms with Crippen molar-refractivity contribution < 1.29 is 18.0 Å². The van der Waals surface area contributed by atoms with Gasteiger partial charge in [-0.25, -0.2) is 0 Å². The van der Waals surface area contributed by atoms with Gasteiger partial charge in [0.25, 0.3) is 5.91 Å². The highest BCUT2D eigenvalue weighted by molar-refractivity contribution is 6.03. The Balaban J connectivity index is 1.71. The molecule has 0 aliphatic heterocycles. The highest BCUT2D eigenvalue weighted by Crippen LogP contribution is 2.28. The number of nitrogens with one attached hydrogen (secondary N) is 1. The monoisotopic (exact) mass is 381 g/mol. The average Bonchev–Trinajstić information content (AvgIpc) is 3.28. The summed E-state index contributed by atoms with van der Waals surface area (Å²) in [5, 5.41) is 14.3. The first-order valence-electron chi connectivity index (χ1n) is 8.15. The number of halogens is 3. The third kappa shape index (κ3) is 3.86. The van der Waals surface area contributed by atoms with Crippen molar-refractivity contribution in [3.63, 3.8) is 0 Å². The molecular weight excluding hydrogens is 363 g/mol. The van der Waals surface area contributed by atoms with Crippen LogP contribution in [0.2, 0.25) is 0 Å². The zero-order valence-corrected chi connectivity index (χ0v) is 14.9. The lowest BCUT2D eigenvalue weighted by Gasteiger charge is -2.03. The van der Waals surface area contributed by atoms with E-state index in [0.29, 0.717) is 18.3 Å². The molecular formula is C16H18F3N7O. The fourth-order valence-corrected chi connectivity index (χ4v) is 2.66. The van der Waals surface area contributed by atoms with Crippen molar-refractivity contribution in [2.24, 2.45) is 7.05 Å². The normalized spacial score (nSPS) is 11.8. The van der Waals surface area contributed by atoms with Gasteiger partial charge in [-0.15, -0.1) is 0 Å². The molecule has 0 spiro atoms. The van der Waals surface area contributed by atoms with E-state index in [1.165, 1.54) is 13.2 Å². The Hall–Kier alpha value is -3.11. The molecule has 3 aromatic rings. The quantitative estimate of drug-likeness (QED) is 0.736. The Kier molecular flexibility index (Phi) is 4.77. The molecule has 3 rings (SSSR count). The summed E-state index contributed by atoms with van der Waals surface area (Å²) in [5.74, 6) is -0.699. The van der Waals surface area contributed by atoms with Gasteiger partial charge < -0.3 is 5.32 Å². The largest absolute Gasteiger partial charge is 0.435 e. The highest BCUT2D eigenvalue weighted by Gasteiger charge is 2.35. The number of alkyl halides is 3. The van der Waals surface area contributed by atoms with Gasteiger partial charge in [0.2, 0.25) is 0 Å². The van der Waals surface area contributed by atoms with E-state index >= 15 is 0 Å². The summed E-state index contributed by atoms with van der Waals surface area (Å²) < 4.78 is 42.5. The van der Waals surface area contributed by atoms with Crippen molar-refractivity contribution in [1.82, 2.24) is 29.3 Å². The van der Waals surface area contributed by atoms with Crippen molar-refractivity contribution in [3.8, 4) is 0 Å². The van der Waals surface area contributed by atoms with Gasteiger partial charge >= 0.3 is 6.18 Å². The van der Waals surface area contributed by atoms with Gasteiger partial charge in [0.05, 0.1) is 24.6 Å². The van der Waals surface area contributed by atoms with E-state index in [-0.39, 0.29) is 5.69 Å². The minimum Gasteiger partial charge on any atom is -0.318 e. The Morgan fingerprint density at radius 3 is 2.59 bits per heavy atom. The van der Waals surface area contributed by atoms with Crippen LogP contribution in [0, 0.1) is 6.92 Å². The zero-order chi connectivity index (χ0) is 19.8. The first-order chi connectivity index (χ1) is 12.7. The minimum absolute atomic E-state index is 0.199. The molecule has 8 nitrogen and oxygen atoms in total. The second-order valence-corrected chi connectivity index (χ2v) is 5.99. The number of aromatic nitrogens is 6. The second kappa shape index (κ2) is 6.89. The van der Waals surface area contributed by atoms with Crippen LogP contribution in [-0.2, 0) is 26.3 Å². The molecule has 3 aromatic heterocycles. The van der Waals surface area contributed by atoms with Crippen molar-refractivity contribution in [1.29, 1.82) is 0 Å². The number of anilines is 1. The molecule has 11 heteroatoms. The number of aryl methyl sites for hydroxylation is 2. The Bertz CT molecular complexity index is 967. The predicted octanol–water partition coefficient (Wildman–Crippen LogP) is 2.46. The lowest BCUT2D eigenvalue weighted by molar-refractivity contribution is -0.141. The summed E-state index contributed by atoms with van der Waals surface area (Å²) in [7, 11) is 1.28. The number of carbonyl (C=O) groups excluding carboxylic acids is 1. The number of rotatable bonds is 5. The van der Waals surface area contributed by atoms with Crippen molar-refractivity contribution in [3.05, 3.63) is 47.3 Å². The van der Waals surface area contributed by atoms with Gasteiger partial charge in [-0.2, -0.15) is 28.5 Å². The van der Waals surface area contributed by atoms with Gasteiger partial charge in [0, 0.05) is 37.1 Å². The van der Waals surface area contributed by atoms with Crippen LogP contribution in [0.1, 0.15) is 34.4 Å². The van der Waals surface area contributed by atoms with Crippen molar-refractivity contribution >= 4 is 11.6 Å².